The molecule has 0 bridgehead atoms. The molecule has 25 heavy (non-hydrogen) atoms. The summed E-state index contributed by atoms with van der Waals surface area (Å²) in [6.07, 6.45) is 2.71. The third-order valence-corrected chi connectivity index (χ3v) is 4.42. The first-order valence-corrected chi connectivity index (χ1v) is 8.31. The van der Waals surface area contributed by atoms with Gasteiger partial charge in [-0.15, -0.1) is 0 Å². The molecule has 1 aromatic heterocycles. The van der Waals surface area contributed by atoms with Crippen LogP contribution in [0.5, 0.6) is 0 Å². The van der Waals surface area contributed by atoms with Crippen LogP contribution in [0.4, 0.5) is 0 Å². The van der Waals surface area contributed by atoms with E-state index >= 15 is 0 Å². The minimum absolute atomic E-state index is 0.114. The molecule has 1 fully saturated rings. The number of rotatable bonds is 5. The Labute approximate surface area is 146 Å². The van der Waals surface area contributed by atoms with E-state index in [2.05, 4.69) is 4.98 Å². The Hall–Kier alpha value is -2.28. The molecular formula is C18H23NO6. The Kier molecular flexibility index (Phi) is 5.89. The fourth-order valence-corrected chi connectivity index (χ4v) is 3.45. The van der Waals surface area contributed by atoms with Crippen molar-refractivity contribution in [2.75, 3.05) is 13.2 Å². The van der Waals surface area contributed by atoms with E-state index in [1.807, 2.05) is 0 Å². The molecule has 136 valence electrons. The zero-order valence-corrected chi connectivity index (χ0v) is 14.6. The van der Waals surface area contributed by atoms with Gasteiger partial charge in [0.15, 0.2) is 5.78 Å². The number of ether oxygens (including phenoxy) is 2. The quantitative estimate of drug-likeness (QED) is 0.630. The lowest BCUT2D eigenvalue weighted by molar-refractivity contribution is -0.172. The maximum atomic E-state index is 12.6. The topological polar surface area (TPSA) is 103 Å². The average Bonchev–Trinajstić information content (AvgIpc) is 2.54. The van der Waals surface area contributed by atoms with E-state index in [-0.39, 0.29) is 19.6 Å². The first-order valence-electron chi connectivity index (χ1n) is 8.31. The highest BCUT2D eigenvalue weighted by Crippen LogP contribution is 2.46. The summed E-state index contributed by atoms with van der Waals surface area (Å²) < 4.78 is 10.2. The van der Waals surface area contributed by atoms with Crippen LogP contribution >= 0.6 is 0 Å². The normalized spacial score (nSPS) is 29.1. The van der Waals surface area contributed by atoms with E-state index in [0.29, 0.717) is 5.56 Å². The smallest absolute Gasteiger partial charge is 0.317 e. The van der Waals surface area contributed by atoms with Gasteiger partial charge in [0.1, 0.15) is 5.92 Å². The molecule has 4 atom stereocenters. The van der Waals surface area contributed by atoms with Crippen LogP contribution in [0.2, 0.25) is 0 Å². The van der Waals surface area contributed by atoms with Gasteiger partial charge in [-0.3, -0.25) is 19.4 Å². The number of aliphatic hydroxyl groups is 1. The number of carbonyl (C=O) groups excluding carboxylic acids is 3. The molecule has 0 aliphatic heterocycles. The first kappa shape index (κ1) is 19.1. The Morgan fingerprint density at radius 3 is 2.48 bits per heavy atom. The van der Waals surface area contributed by atoms with Gasteiger partial charge in [-0.1, -0.05) is 6.07 Å². The van der Waals surface area contributed by atoms with Gasteiger partial charge in [-0.05, 0) is 32.4 Å². The number of ketones is 1. The maximum absolute atomic E-state index is 12.6. The van der Waals surface area contributed by atoms with Crippen LogP contribution in [-0.2, 0) is 23.9 Å². The second-order valence-electron chi connectivity index (χ2n) is 6.27. The number of hydrogen-bond donors (Lipinski definition) is 1. The monoisotopic (exact) mass is 349 g/mol. The number of hydrogen-bond acceptors (Lipinski definition) is 7. The van der Waals surface area contributed by atoms with Crippen molar-refractivity contribution in [3.05, 3.63) is 30.1 Å². The Bertz CT molecular complexity index is 642. The molecule has 0 aromatic carbocycles. The summed E-state index contributed by atoms with van der Waals surface area (Å²) in [5.41, 5.74) is -1.13. The lowest BCUT2D eigenvalue weighted by atomic mass is 9.62. The van der Waals surface area contributed by atoms with Gasteiger partial charge in [-0.25, -0.2) is 0 Å². The van der Waals surface area contributed by atoms with Gasteiger partial charge in [0.2, 0.25) is 0 Å². The molecule has 1 heterocycles. The van der Waals surface area contributed by atoms with Gasteiger partial charge < -0.3 is 14.6 Å². The highest BCUT2D eigenvalue weighted by molar-refractivity contribution is 6.02. The summed E-state index contributed by atoms with van der Waals surface area (Å²) in [5, 5.41) is 10.8. The molecule has 0 radical (unpaired) electrons. The molecule has 1 saturated carbocycles. The zero-order chi connectivity index (χ0) is 18.6. The van der Waals surface area contributed by atoms with E-state index in [1.54, 1.807) is 32.2 Å². The minimum Gasteiger partial charge on any atom is -0.466 e. The van der Waals surface area contributed by atoms with Crippen LogP contribution in [-0.4, -0.2) is 46.6 Å². The molecule has 0 saturated heterocycles. The molecule has 7 nitrogen and oxygen atoms in total. The summed E-state index contributed by atoms with van der Waals surface area (Å²) in [5.74, 6) is -4.97. The maximum Gasteiger partial charge on any atom is 0.317 e. The largest absolute Gasteiger partial charge is 0.466 e. The lowest BCUT2D eigenvalue weighted by Gasteiger charge is -2.43. The Balaban J connectivity index is 2.57. The second kappa shape index (κ2) is 7.74. The van der Waals surface area contributed by atoms with Gasteiger partial charge in [0, 0.05) is 24.7 Å². The summed E-state index contributed by atoms with van der Waals surface area (Å²) in [7, 11) is 0. The summed E-state index contributed by atoms with van der Waals surface area (Å²) in [6, 6.07) is 3.32. The summed E-state index contributed by atoms with van der Waals surface area (Å²) in [6.45, 7) is 4.95. The fraction of sp³-hybridized carbons (Fsp3) is 0.556. The van der Waals surface area contributed by atoms with Gasteiger partial charge >= 0.3 is 11.9 Å². The van der Waals surface area contributed by atoms with Crippen molar-refractivity contribution in [1.82, 2.24) is 4.98 Å². The number of aromatic nitrogens is 1. The van der Waals surface area contributed by atoms with E-state index in [9.17, 15) is 19.5 Å². The lowest BCUT2D eigenvalue weighted by Crippen LogP contribution is -2.55. The fourth-order valence-electron chi connectivity index (χ4n) is 3.45. The number of Topliss-reactive ketones (excluding diaryl/α,β-unsaturated/α-hetero) is 1. The predicted octanol–water partition coefficient (Wildman–Crippen LogP) is 1.25. The van der Waals surface area contributed by atoms with E-state index < -0.39 is 41.1 Å². The van der Waals surface area contributed by atoms with Crippen molar-refractivity contribution in [2.45, 2.75) is 38.7 Å². The van der Waals surface area contributed by atoms with Crippen LogP contribution in [0.25, 0.3) is 0 Å². The van der Waals surface area contributed by atoms with Crippen LogP contribution in [0.3, 0.4) is 0 Å². The van der Waals surface area contributed by atoms with Gasteiger partial charge in [0.25, 0.3) is 0 Å². The van der Waals surface area contributed by atoms with Crippen LogP contribution in [0.1, 0.15) is 38.7 Å². The van der Waals surface area contributed by atoms with Crippen LogP contribution in [0.15, 0.2) is 24.5 Å². The number of pyridine rings is 1. The highest BCUT2D eigenvalue weighted by atomic mass is 16.5. The zero-order valence-electron chi connectivity index (χ0n) is 14.6. The van der Waals surface area contributed by atoms with Crippen molar-refractivity contribution in [3.63, 3.8) is 0 Å². The standard InChI is InChI=1S/C18H23NO6/c1-4-24-16(21)14-12(20)9-18(3,23)15(17(22)25-5-2)13(14)11-7-6-8-19-10-11/h6-8,10,13-15,23H,4-5,9H2,1-3H3/t13-,14-,15+,18-/m1/s1. The van der Waals surface area contributed by atoms with Crippen LogP contribution in [0, 0.1) is 11.8 Å². The number of nitrogens with zero attached hydrogens (tertiary/aromatic N) is 1. The third-order valence-electron chi connectivity index (χ3n) is 4.42. The third kappa shape index (κ3) is 3.87. The summed E-state index contributed by atoms with van der Waals surface area (Å²) >= 11 is 0. The number of esters is 2. The molecule has 1 aromatic rings. The highest BCUT2D eigenvalue weighted by Gasteiger charge is 2.57. The molecule has 0 amide bonds. The molecule has 0 spiro atoms. The van der Waals surface area contributed by atoms with Crippen molar-refractivity contribution in [1.29, 1.82) is 0 Å². The van der Waals surface area contributed by atoms with Gasteiger partial charge in [-0.2, -0.15) is 0 Å². The Morgan fingerprint density at radius 1 is 1.28 bits per heavy atom. The van der Waals surface area contributed by atoms with Crippen molar-refractivity contribution in [3.8, 4) is 0 Å². The molecule has 2 rings (SSSR count). The molecule has 0 unspecified atom stereocenters. The van der Waals surface area contributed by atoms with Crippen LogP contribution < -0.4 is 0 Å². The van der Waals surface area contributed by atoms with E-state index in [0.717, 1.165) is 0 Å². The van der Waals surface area contributed by atoms with Crippen molar-refractivity contribution in [2.24, 2.45) is 11.8 Å². The van der Waals surface area contributed by atoms with Gasteiger partial charge in [0.05, 0.1) is 24.7 Å². The minimum atomic E-state index is -1.63. The van der Waals surface area contributed by atoms with Crippen molar-refractivity contribution >= 4 is 17.7 Å². The first-order chi connectivity index (χ1) is 11.8. The molecule has 1 aliphatic carbocycles. The predicted molar refractivity (Wildman–Crippen MR) is 87.5 cm³/mol. The number of carbonyl (C=O) groups is 3. The molecular weight excluding hydrogens is 326 g/mol. The van der Waals surface area contributed by atoms with Crippen molar-refractivity contribution < 1.29 is 29.0 Å². The molecule has 7 heteroatoms. The Morgan fingerprint density at radius 2 is 1.92 bits per heavy atom. The second-order valence-corrected chi connectivity index (χ2v) is 6.27. The van der Waals surface area contributed by atoms with E-state index in [4.69, 9.17) is 9.47 Å². The van der Waals surface area contributed by atoms with E-state index in [1.165, 1.54) is 13.1 Å². The SMILES string of the molecule is CCOC(=O)[C@@H]1C(=O)C[C@@](C)(O)[C@H](C(=O)OCC)[C@@H]1c1cccnc1. The summed E-state index contributed by atoms with van der Waals surface area (Å²) in [4.78, 5) is 41.6. The average molecular weight is 349 g/mol. The molecule has 1 N–H and O–H groups in total. The molecule has 1 aliphatic rings.